The minimum Gasteiger partial charge on any atom is -0.361 e. The van der Waals surface area contributed by atoms with E-state index < -0.39 is 0 Å². The Labute approximate surface area is 165 Å². The van der Waals surface area contributed by atoms with Crippen LogP contribution >= 0.6 is 0 Å². The van der Waals surface area contributed by atoms with Crippen LogP contribution in [0.1, 0.15) is 66.2 Å². The fraction of sp³-hybridized carbons (Fsp3) is 0.524. The van der Waals surface area contributed by atoms with Gasteiger partial charge in [-0.2, -0.15) is 0 Å². The van der Waals surface area contributed by atoms with E-state index in [0.717, 1.165) is 37.9 Å². The smallest absolute Gasteiger partial charge is 0.257 e. The van der Waals surface area contributed by atoms with Crippen molar-refractivity contribution < 1.29 is 14.1 Å². The fourth-order valence-electron chi connectivity index (χ4n) is 4.03. The zero-order chi connectivity index (χ0) is 20.1. The van der Waals surface area contributed by atoms with Crippen LogP contribution in [0.4, 0.5) is 0 Å². The molecule has 1 aliphatic carbocycles. The van der Waals surface area contributed by atoms with Crippen LogP contribution < -0.4 is 10.6 Å². The molecule has 0 saturated heterocycles. The molecule has 150 valence electrons. The Balaban J connectivity index is 1.72. The summed E-state index contributed by atoms with van der Waals surface area (Å²) in [5.41, 5.74) is 1.96. The van der Waals surface area contributed by atoms with Crippen LogP contribution in [0.5, 0.6) is 0 Å². The van der Waals surface area contributed by atoms with E-state index in [1.807, 2.05) is 18.2 Å². The third-order valence-electron chi connectivity index (χ3n) is 5.56. The summed E-state index contributed by atoms with van der Waals surface area (Å²) < 4.78 is 5.15. The molecule has 0 spiro atoms. The number of aromatic nitrogens is 2. The van der Waals surface area contributed by atoms with Gasteiger partial charge in [0, 0.05) is 19.7 Å². The number of carbonyl (C=O) groups excluding carboxylic acids is 2. The summed E-state index contributed by atoms with van der Waals surface area (Å²) >= 11 is 0. The molecule has 3 rings (SSSR count). The number of amides is 2. The van der Waals surface area contributed by atoms with Crippen LogP contribution in [0.25, 0.3) is 0 Å². The van der Waals surface area contributed by atoms with Crippen molar-refractivity contribution in [2.24, 2.45) is 11.8 Å². The van der Waals surface area contributed by atoms with Crippen LogP contribution in [-0.4, -0.2) is 28.5 Å². The highest BCUT2D eigenvalue weighted by Crippen LogP contribution is 2.36. The molecule has 0 bridgehead atoms. The van der Waals surface area contributed by atoms with E-state index in [9.17, 15) is 9.59 Å². The van der Waals surface area contributed by atoms with Gasteiger partial charge in [-0.15, -0.1) is 0 Å². The van der Waals surface area contributed by atoms with Gasteiger partial charge >= 0.3 is 0 Å². The second-order valence-electron chi connectivity index (χ2n) is 7.62. The van der Waals surface area contributed by atoms with E-state index in [4.69, 9.17) is 4.52 Å². The minimum absolute atomic E-state index is 0.0141. The van der Waals surface area contributed by atoms with Crippen LogP contribution in [0, 0.1) is 25.7 Å². The largest absolute Gasteiger partial charge is 0.361 e. The highest BCUT2D eigenvalue weighted by atomic mass is 16.5. The molecule has 2 aromatic rings. The topological polar surface area (TPSA) is 97.1 Å². The molecule has 1 fully saturated rings. The van der Waals surface area contributed by atoms with E-state index in [1.165, 1.54) is 0 Å². The molecule has 28 heavy (non-hydrogen) atoms. The van der Waals surface area contributed by atoms with Crippen molar-refractivity contribution in [3.8, 4) is 0 Å². The second kappa shape index (κ2) is 8.99. The Bertz CT molecular complexity index is 791. The highest BCUT2D eigenvalue weighted by Gasteiger charge is 2.32. The zero-order valence-corrected chi connectivity index (χ0v) is 16.7. The molecule has 2 N–H and O–H groups in total. The molecule has 0 aliphatic heterocycles. The fourth-order valence-corrected chi connectivity index (χ4v) is 4.03. The molecule has 0 unspecified atom stereocenters. The first-order valence-corrected chi connectivity index (χ1v) is 9.84. The Kier molecular flexibility index (Phi) is 6.44. The van der Waals surface area contributed by atoms with Gasteiger partial charge in [-0.1, -0.05) is 11.2 Å². The summed E-state index contributed by atoms with van der Waals surface area (Å²) in [5, 5.41) is 9.99. The van der Waals surface area contributed by atoms with E-state index >= 15 is 0 Å². The van der Waals surface area contributed by atoms with E-state index in [1.54, 1.807) is 27.0 Å². The number of rotatable bonds is 6. The third-order valence-corrected chi connectivity index (χ3v) is 5.56. The molecular weight excluding hydrogens is 356 g/mol. The highest BCUT2D eigenvalue weighted by molar-refractivity contribution is 5.96. The lowest BCUT2D eigenvalue weighted by molar-refractivity contribution is -0.119. The van der Waals surface area contributed by atoms with Crippen molar-refractivity contribution in [2.75, 3.05) is 6.54 Å². The van der Waals surface area contributed by atoms with Crippen LogP contribution in [-0.2, 0) is 4.79 Å². The van der Waals surface area contributed by atoms with Crippen molar-refractivity contribution in [3.05, 3.63) is 47.1 Å². The maximum atomic E-state index is 12.9. The van der Waals surface area contributed by atoms with Gasteiger partial charge in [-0.25, -0.2) is 0 Å². The molecule has 2 heterocycles. The van der Waals surface area contributed by atoms with Gasteiger partial charge in [0.1, 0.15) is 11.3 Å². The molecule has 0 radical (unpaired) electrons. The van der Waals surface area contributed by atoms with Crippen molar-refractivity contribution >= 4 is 11.8 Å². The summed E-state index contributed by atoms with van der Waals surface area (Å²) in [4.78, 5) is 28.6. The molecule has 1 saturated carbocycles. The summed E-state index contributed by atoms with van der Waals surface area (Å²) in [5.74, 6) is 1.15. The standard InChI is InChI=1S/C21H28N4O3/c1-13-19(14(2)28-25-13)21(27)24-20(18-6-4-5-11-22-18)17-9-7-16(8-10-17)12-23-15(3)26/h4-6,11,16-17,20H,7-10,12H2,1-3H3,(H,23,26)(H,24,27)/t16?,17?,20-/m0/s1. The average Bonchev–Trinajstić information content (AvgIpc) is 3.04. The van der Waals surface area contributed by atoms with Crippen molar-refractivity contribution in [1.82, 2.24) is 20.8 Å². The van der Waals surface area contributed by atoms with Gasteiger partial charge in [0.25, 0.3) is 5.91 Å². The molecule has 1 aliphatic rings. The lowest BCUT2D eigenvalue weighted by Gasteiger charge is -2.34. The van der Waals surface area contributed by atoms with Gasteiger partial charge in [-0.05, 0) is 63.5 Å². The normalized spacial score (nSPS) is 20.4. The first-order chi connectivity index (χ1) is 13.5. The molecule has 2 aromatic heterocycles. The number of nitrogens with zero attached hydrogens (tertiary/aromatic N) is 2. The van der Waals surface area contributed by atoms with E-state index in [-0.39, 0.29) is 17.9 Å². The molecule has 2 amide bonds. The lowest BCUT2D eigenvalue weighted by atomic mass is 9.77. The van der Waals surface area contributed by atoms with Gasteiger partial charge < -0.3 is 15.2 Å². The molecule has 0 aromatic carbocycles. The first kappa shape index (κ1) is 20.0. The number of aryl methyl sites for hydroxylation is 2. The van der Waals surface area contributed by atoms with Gasteiger partial charge in [0.05, 0.1) is 17.4 Å². The molecule has 7 nitrogen and oxygen atoms in total. The quantitative estimate of drug-likeness (QED) is 0.798. The van der Waals surface area contributed by atoms with Gasteiger partial charge in [-0.3, -0.25) is 14.6 Å². The summed E-state index contributed by atoms with van der Waals surface area (Å²) in [6.45, 7) is 5.79. The predicted octanol–water partition coefficient (Wildman–Crippen LogP) is 3.10. The predicted molar refractivity (Wildman–Crippen MR) is 105 cm³/mol. The van der Waals surface area contributed by atoms with Crippen molar-refractivity contribution in [3.63, 3.8) is 0 Å². The lowest BCUT2D eigenvalue weighted by Crippen LogP contribution is -2.37. The van der Waals surface area contributed by atoms with Crippen LogP contribution in [0.2, 0.25) is 0 Å². The van der Waals surface area contributed by atoms with Crippen molar-refractivity contribution in [2.45, 2.75) is 52.5 Å². The van der Waals surface area contributed by atoms with E-state index in [2.05, 4.69) is 20.8 Å². The molecule has 7 heteroatoms. The van der Waals surface area contributed by atoms with Crippen molar-refractivity contribution in [1.29, 1.82) is 0 Å². The number of nitrogens with one attached hydrogen (secondary N) is 2. The maximum absolute atomic E-state index is 12.9. The number of carbonyl (C=O) groups is 2. The monoisotopic (exact) mass is 384 g/mol. The minimum atomic E-state index is -0.174. The van der Waals surface area contributed by atoms with Crippen LogP contribution in [0.15, 0.2) is 28.9 Å². The first-order valence-electron chi connectivity index (χ1n) is 9.84. The molecular formula is C21H28N4O3. The maximum Gasteiger partial charge on any atom is 0.257 e. The second-order valence-corrected chi connectivity index (χ2v) is 7.62. The zero-order valence-electron chi connectivity index (χ0n) is 16.7. The Morgan fingerprint density at radius 1 is 1.21 bits per heavy atom. The summed E-state index contributed by atoms with van der Waals surface area (Å²) in [7, 11) is 0. The Morgan fingerprint density at radius 2 is 1.96 bits per heavy atom. The van der Waals surface area contributed by atoms with Gasteiger partial charge in [0.15, 0.2) is 0 Å². The van der Waals surface area contributed by atoms with E-state index in [0.29, 0.717) is 28.9 Å². The third kappa shape index (κ3) is 4.77. The average molecular weight is 384 g/mol. The van der Waals surface area contributed by atoms with Gasteiger partial charge in [0.2, 0.25) is 5.91 Å². The molecule has 1 atom stereocenters. The number of hydrogen-bond acceptors (Lipinski definition) is 5. The SMILES string of the molecule is CC(=O)NCC1CCC([C@H](NC(=O)c2c(C)noc2C)c2ccccn2)CC1. The Hall–Kier alpha value is -2.70. The summed E-state index contributed by atoms with van der Waals surface area (Å²) in [6, 6.07) is 5.62. The number of pyridine rings is 1. The summed E-state index contributed by atoms with van der Waals surface area (Å²) in [6.07, 6.45) is 5.76. The van der Waals surface area contributed by atoms with Crippen LogP contribution in [0.3, 0.4) is 0 Å². The number of hydrogen-bond donors (Lipinski definition) is 2. The Morgan fingerprint density at radius 3 is 2.54 bits per heavy atom.